The third kappa shape index (κ3) is 5.68. The van der Waals surface area contributed by atoms with E-state index in [9.17, 15) is 5.26 Å². The zero-order valence-electron chi connectivity index (χ0n) is 16.4. The van der Waals surface area contributed by atoms with Crippen molar-refractivity contribution in [3.63, 3.8) is 0 Å². The summed E-state index contributed by atoms with van der Waals surface area (Å²) >= 11 is 1.55. The van der Waals surface area contributed by atoms with Crippen molar-refractivity contribution < 1.29 is 4.74 Å². The molecule has 0 spiro atoms. The van der Waals surface area contributed by atoms with Crippen molar-refractivity contribution in [1.82, 2.24) is 4.98 Å². The van der Waals surface area contributed by atoms with E-state index in [0.29, 0.717) is 5.57 Å². The molecule has 3 aromatic rings. The van der Waals surface area contributed by atoms with Gasteiger partial charge in [0.2, 0.25) is 0 Å². The van der Waals surface area contributed by atoms with E-state index in [0.717, 1.165) is 39.6 Å². The topological polar surface area (TPSA) is 45.9 Å². The van der Waals surface area contributed by atoms with Crippen LogP contribution in [0.2, 0.25) is 0 Å². The molecule has 0 radical (unpaired) electrons. The number of hydrogen-bond donors (Lipinski definition) is 0. The molecule has 0 aliphatic heterocycles. The molecule has 0 saturated heterocycles. The Hall–Kier alpha value is -2.64. The minimum absolute atomic E-state index is 0.585. The summed E-state index contributed by atoms with van der Waals surface area (Å²) in [5.74, 6) is 0.879. The van der Waals surface area contributed by atoms with Crippen LogP contribution in [0.5, 0.6) is 5.75 Å². The number of benzene rings is 2. The highest BCUT2D eigenvalue weighted by molar-refractivity contribution is 7.19. The van der Waals surface area contributed by atoms with Gasteiger partial charge in [-0.15, -0.1) is 11.3 Å². The van der Waals surface area contributed by atoms with Crippen LogP contribution in [0.4, 0.5) is 0 Å². The number of aromatic nitrogens is 1. The van der Waals surface area contributed by atoms with E-state index < -0.39 is 0 Å². The number of nitriles is 1. The van der Waals surface area contributed by atoms with Crippen LogP contribution >= 0.6 is 11.3 Å². The Balaban J connectivity index is 1.57. The Kier molecular flexibility index (Phi) is 7.63. The fourth-order valence-electron chi connectivity index (χ4n) is 3.03. The zero-order valence-corrected chi connectivity index (χ0v) is 17.2. The average Bonchev–Trinajstić information content (AvgIpc) is 3.16. The van der Waals surface area contributed by atoms with Crippen LogP contribution in [-0.4, -0.2) is 11.6 Å². The highest BCUT2D eigenvalue weighted by Gasteiger charge is 2.08. The number of para-hydroxylation sites is 1. The number of allylic oxidation sites excluding steroid dienone is 1. The second kappa shape index (κ2) is 10.6. The monoisotopic (exact) mass is 390 g/mol. The van der Waals surface area contributed by atoms with Gasteiger partial charge in [-0.1, -0.05) is 63.3 Å². The van der Waals surface area contributed by atoms with Crippen LogP contribution in [-0.2, 0) is 0 Å². The van der Waals surface area contributed by atoms with E-state index in [1.54, 1.807) is 11.3 Å². The molecule has 144 valence electrons. The quantitative estimate of drug-likeness (QED) is 0.274. The van der Waals surface area contributed by atoms with Crippen molar-refractivity contribution in [3.8, 4) is 11.8 Å². The summed E-state index contributed by atoms with van der Waals surface area (Å²) in [4.78, 5) is 4.58. The maximum absolute atomic E-state index is 9.56. The highest BCUT2D eigenvalue weighted by atomic mass is 32.1. The second-order valence-electron chi connectivity index (χ2n) is 6.84. The molecule has 0 N–H and O–H groups in total. The lowest BCUT2D eigenvalue weighted by molar-refractivity contribution is 0.304. The average molecular weight is 391 g/mol. The number of thiazole rings is 1. The molecular formula is C24H26N2OS. The number of hydrogen-bond acceptors (Lipinski definition) is 4. The van der Waals surface area contributed by atoms with Gasteiger partial charge in [0.15, 0.2) is 0 Å². The summed E-state index contributed by atoms with van der Waals surface area (Å²) in [6, 6.07) is 18.2. The smallest absolute Gasteiger partial charge is 0.135 e. The number of unbranched alkanes of at least 4 members (excludes halogenated alkanes) is 5. The van der Waals surface area contributed by atoms with E-state index in [2.05, 4.69) is 18.0 Å². The van der Waals surface area contributed by atoms with Crippen molar-refractivity contribution in [1.29, 1.82) is 5.26 Å². The van der Waals surface area contributed by atoms with E-state index in [-0.39, 0.29) is 0 Å². The van der Waals surface area contributed by atoms with Gasteiger partial charge in [0, 0.05) is 0 Å². The molecule has 1 aromatic heterocycles. The Morgan fingerprint density at radius 2 is 1.79 bits per heavy atom. The Bertz CT molecular complexity index is 918. The largest absolute Gasteiger partial charge is 0.494 e. The van der Waals surface area contributed by atoms with Crippen LogP contribution in [0.1, 0.15) is 56.0 Å². The lowest BCUT2D eigenvalue weighted by Gasteiger charge is -2.06. The standard InChI is InChI=1S/C24H26N2OS/c1-2-3-4-5-6-9-16-27-21-14-12-19(13-15-21)17-20(18-25)24-26-22-10-7-8-11-23(22)28-24/h7-8,10-15,17H,2-6,9,16H2,1H3. The normalized spacial score (nSPS) is 11.5. The molecule has 0 unspecified atom stereocenters. The van der Waals surface area contributed by atoms with Crippen LogP contribution < -0.4 is 4.74 Å². The maximum atomic E-state index is 9.56. The molecule has 0 fully saturated rings. The number of fused-ring (bicyclic) bond motifs is 1. The lowest BCUT2D eigenvalue weighted by atomic mass is 10.1. The van der Waals surface area contributed by atoms with Gasteiger partial charge >= 0.3 is 0 Å². The lowest BCUT2D eigenvalue weighted by Crippen LogP contribution is -1.97. The molecule has 0 bridgehead atoms. The Labute approximate surface area is 171 Å². The molecule has 1 heterocycles. The molecular weight excluding hydrogens is 364 g/mol. The summed E-state index contributed by atoms with van der Waals surface area (Å²) in [5.41, 5.74) is 2.49. The third-order valence-electron chi connectivity index (χ3n) is 4.60. The zero-order chi connectivity index (χ0) is 19.6. The van der Waals surface area contributed by atoms with Crippen LogP contribution in [0, 0.1) is 11.3 Å². The molecule has 0 atom stereocenters. The Morgan fingerprint density at radius 1 is 1.04 bits per heavy atom. The fraction of sp³-hybridized carbons (Fsp3) is 0.333. The fourth-order valence-corrected chi connectivity index (χ4v) is 3.96. The Morgan fingerprint density at radius 3 is 2.54 bits per heavy atom. The summed E-state index contributed by atoms with van der Waals surface area (Å²) < 4.78 is 6.92. The first-order chi connectivity index (χ1) is 13.8. The molecule has 28 heavy (non-hydrogen) atoms. The molecule has 3 rings (SSSR count). The second-order valence-corrected chi connectivity index (χ2v) is 7.87. The van der Waals surface area contributed by atoms with Gasteiger partial charge in [0.05, 0.1) is 22.4 Å². The minimum atomic E-state index is 0.585. The molecule has 0 saturated carbocycles. The molecule has 0 amide bonds. The predicted molar refractivity (Wildman–Crippen MR) is 118 cm³/mol. The maximum Gasteiger partial charge on any atom is 0.135 e. The van der Waals surface area contributed by atoms with Crippen molar-refractivity contribution in [2.24, 2.45) is 0 Å². The van der Waals surface area contributed by atoms with E-state index >= 15 is 0 Å². The molecule has 2 aromatic carbocycles. The summed E-state index contributed by atoms with van der Waals surface area (Å²) in [7, 11) is 0. The number of ether oxygens (including phenoxy) is 1. The van der Waals surface area contributed by atoms with E-state index in [1.807, 2.05) is 54.6 Å². The first-order valence-electron chi connectivity index (χ1n) is 10.0. The molecule has 3 nitrogen and oxygen atoms in total. The molecule has 4 heteroatoms. The van der Waals surface area contributed by atoms with Gasteiger partial charge in [-0.05, 0) is 42.3 Å². The predicted octanol–water partition coefficient (Wildman–Crippen LogP) is 7.10. The van der Waals surface area contributed by atoms with E-state index in [1.165, 1.54) is 32.1 Å². The van der Waals surface area contributed by atoms with Gasteiger partial charge < -0.3 is 4.74 Å². The molecule has 0 aliphatic rings. The van der Waals surface area contributed by atoms with Crippen molar-refractivity contribution in [2.45, 2.75) is 45.4 Å². The van der Waals surface area contributed by atoms with Crippen LogP contribution in [0.25, 0.3) is 21.9 Å². The van der Waals surface area contributed by atoms with Gasteiger partial charge in [-0.2, -0.15) is 5.26 Å². The first kappa shape index (κ1) is 20.1. The third-order valence-corrected chi connectivity index (χ3v) is 5.67. The van der Waals surface area contributed by atoms with E-state index in [4.69, 9.17) is 4.74 Å². The van der Waals surface area contributed by atoms with Gasteiger partial charge in [0.25, 0.3) is 0 Å². The SMILES string of the molecule is CCCCCCCCOc1ccc(C=C(C#N)c2nc3ccccc3s2)cc1. The molecule has 0 aliphatic carbocycles. The first-order valence-corrected chi connectivity index (χ1v) is 10.8. The van der Waals surface area contributed by atoms with Crippen molar-refractivity contribution in [3.05, 3.63) is 59.1 Å². The number of nitrogens with zero attached hydrogens (tertiary/aromatic N) is 2. The summed E-state index contributed by atoms with van der Waals surface area (Å²) in [6.07, 6.45) is 9.45. The summed E-state index contributed by atoms with van der Waals surface area (Å²) in [5, 5.41) is 10.3. The van der Waals surface area contributed by atoms with Crippen LogP contribution in [0.3, 0.4) is 0 Å². The summed E-state index contributed by atoms with van der Waals surface area (Å²) in [6.45, 7) is 3.00. The number of rotatable bonds is 10. The van der Waals surface area contributed by atoms with Crippen molar-refractivity contribution in [2.75, 3.05) is 6.61 Å². The highest BCUT2D eigenvalue weighted by Crippen LogP contribution is 2.28. The minimum Gasteiger partial charge on any atom is -0.494 e. The van der Waals surface area contributed by atoms with Crippen molar-refractivity contribution >= 4 is 33.2 Å². The van der Waals surface area contributed by atoms with Gasteiger partial charge in [0.1, 0.15) is 16.8 Å². The van der Waals surface area contributed by atoms with Gasteiger partial charge in [-0.25, -0.2) is 4.98 Å². The van der Waals surface area contributed by atoms with Crippen LogP contribution in [0.15, 0.2) is 48.5 Å². The van der Waals surface area contributed by atoms with Gasteiger partial charge in [-0.3, -0.25) is 0 Å².